The summed E-state index contributed by atoms with van der Waals surface area (Å²) in [7, 11) is -3.59. The van der Waals surface area contributed by atoms with Gasteiger partial charge in [-0.25, -0.2) is 13.1 Å². The Morgan fingerprint density at radius 2 is 2.00 bits per heavy atom. The molecule has 5 heteroatoms. The standard InChI is InChI=1S/C16H21NO3S/c1-13(14-7-2-3-8-14)17-21(19,20)16-11-5-4-9-15(16)10-6-12-18/h4-5,9,11,13-14,17-18H,2-3,7-8,12H2,1H3. The van der Waals surface area contributed by atoms with Gasteiger partial charge in [0.25, 0.3) is 0 Å². The highest BCUT2D eigenvalue weighted by Crippen LogP contribution is 2.28. The summed E-state index contributed by atoms with van der Waals surface area (Å²) >= 11 is 0. The molecule has 21 heavy (non-hydrogen) atoms. The van der Waals surface area contributed by atoms with Crippen LogP contribution in [0.4, 0.5) is 0 Å². The number of rotatable bonds is 4. The van der Waals surface area contributed by atoms with Gasteiger partial charge in [0.15, 0.2) is 0 Å². The van der Waals surface area contributed by atoms with E-state index in [1.54, 1.807) is 24.3 Å². The third-order valence-corrected chi connectivity index (χ3v) is 5.54. The molecule has 0 saturated heterocycles. The predicted octanol–water partition coefficient (Wildman–Crippen LogP) is 1.89. The lowest BCUT2D eigenvalue weighted by Gasteiger charge is -2.20. The molecule has 2 rings (SSSR count). The van der Waals surface area contributed by atoms with Gasteiger partial charge >= 0.3 is 0 Å². The Hall–Kier alpha value is -1.35. The van der Waals surface area contributed by atoms with E-state index < -0.39 is 10.0 Å². The highest BCUT2D eigenvalue weighted by Gasteiger charge is 2.27. The number of aliphatic hydroxyl groups is 1. The first-order chi connectivity index (χ1) is 10.0. The van der Waals surface area contributed by atoms with Crippen LogP contribution >= 0.6 is 0 Å². The predicted molar refractivity (Wildman–Crippen MR) is 82.1 cm³/mol. The molecule has 2 N–H and O–H groups in total. The van der Waals surface area contributed by atoms with Gasteiger partial charge in [-0.1, -0.05) is 36.8 Å². The molecular formula is C16H21NO3S. The van der Waals surface area contributed by atoms with Gasteiger partial charge in [-0.15, -0.1) is 0 Å². The van der Waals surface area contributed by atoms with Gasteiger partial charge in [0.1, 0.15) is 6.61 Å². The monoisotopic (exact) mass is 307 g/mol. The summed E-state index contributed by atoms with van der Waals surface area (Å²) in [6.45, 7) is 1.63. The first-order valence-electron chi connectivity index (χ1n) is 7.25. The van der Waals surface area contributed by atoms with Crippen LogP contribution in [0.5, 0.6) is 0 Å². The molecule has 4 nitrogen and oxygen atoms in total. The van der Waals surface area contributed by atoms with Crippen molar-refractivity contribution in [3.63, 3.8) is 0 Å². The molecule has 0 aromatic heterocycles. The van der Waals surface area contributed by atoms with Gasteiger partial charge in [0, 0.05) is 11.6 Å². The second-order valence-electron chi connectivity index (χ2n) is 5.41. The maximum absolute atomic E-state index is 12.5. The minimum Gasteiger partial charge on any atom is -0.384 e. The van der Waals surface area contributed by atoms with Gasteiger partial charge in [0.05, 0.1) is 4.90 Å². The van der Waals surface area contributed by atoms with Crippen LogP contribution in [0.3, 0.4) is 0 Å². The van der Waals surface area contributed by atoms with Crippen molar-refractivity contribution in [3.8, 4) is 11.8 Å². The molecule has 1 fully saturated rings. The molecule has 1 aromatic rings. The lowest BCUT2D eigenvalue weighted by Crippen LogP contribution is -2.37. The van der Waals surface area contributed by atoms with Crippen LogP contribution in [0.25, 0.3) is 0 Å². The average Bonchev–Trinajstić information content (AvgIpc) is 2.99. The summed E-state index contributed by atoms with van der Waals surface area (Å²) in [5, 5.41) is 8.77. The second-order valence-corrected chi connectivity index (χ2v) is 7.09. The van der Waals surface area contributed by atoms with Crippen LogP contribution in [0.15, 0.2) is 29.2 Å². The maximum atomic E-state index is 12.5. The van der Waals surface area contributed by atoms with Crippen LogP contribution in [0.2, 0.25) is 0 Å². The number of hydrogen-bond donors (Lipinski definition) is 2. The van der Waals surface area contributed by atoms with E-state index >= 15 is 0 Å². The summed E-state index contributed by atoms with van der Waals surface area (Å²) in [5.41, 5.74) is 0.415. The molecule has 1 aliphatic rings. The van der Waals surface area contributed by atoms with Crippen LogP contribution < -0.4 is 4.72 Å². The fourth-order valence-corrected chi connectivity index (χ4v) is 4.28. The van der Waals surface area contributed by atoms with Gasteiger partial charge < -0.3 is 5.11 Å². The normalized spacial score (nSPS) is 17.2. The summed E-state index contributed by atoms with van der Waals surface area (Å²) in [5.74, 6) is 5.60. The van der Waals surface area contributed by atoms with E-state index in [-0.39, 0.29) is 17.5 Å². The molecule has 0 radical (unpaired) electrons. The number of aliphatic hydroxyl groups excluding tert-OH is 1. The van der Waals surface area contributed by atoms with E-state index in [0.717, 1.165) is 12.8 Å². The third kappa shape index (κ3) is 4.07. The minimum absolute atomic E-state index is 0.0728. The van der Waals surface area contributed by atoms with Gasteiger partial charge in [0.2, 0.25) is 10.0 Å². The van der Waals surface area contributed by atoms with E-state index in [0.29, 0.717) is 11.5 Å². The van der Waals surface area contributed by atoms with Crippen LogP contribution in [-0.2, 0) is 10.0 Å². The van der Waals surface area contributed by atoms with E-state index in [4.69, 9.17) is 5.11 Å². The van der Waals surface area contributed by atoms with Crippen molar-refractivity contribution >= 4 is 10.0 Å². The smallest absolute Gasteiger partial charge is 0.242 e. The average molecular weight is 307 g/mol. The molecule has 1 saturated carbocycles. The summed E-state index contributed by atoms with van der Waals surface area (Å²) < 4.78 is 27.9. The van der Waals surface area contributed by atoms with Gasteiger partial charge in [-0.3, -0.25) is 0 Å². The zero-order chi connectivity index (χ0) is 15.3. The quantitative estimate of drug-likeness (QED) is 0.835. The summed E-state index contributed by atoms with van der Waals surface area (Å²) in [4.78, 5) is 0.177. The molecule has 0 spiro atoms. The summed E-state index contributed by atoms with van der Waals surface area (Å²) in [6.07, 6.45) is 4.51. The highest BCUT2D eigenvalue weighted by molar-refractivity contribution is 7.89. The van der Waals surface area contributed by atoms with Gasteiger partial charge in [-0.2, -0.15) is 0 Å². The summed E-state index contributed by atoms with van der Waals surface area (Å²) in [6, 6.07) is 6.54. The van der Waals surface area contributed by atoms with E-state index in [1.165, 1.54) is 12.8 Å². The fraction of sp³-hybridized carbons (Fsp3) is 0.500. The Morgan fingerprint density at radius 1 is 1.33 bits per heavy atom. The Labute approximate surface area is 126 Å². The molecule has 0 aliphatic heterocycles. The molecule has 1 aromatic carbocycles. The topological polar surface area (TPSA) is 66.4 Å². The molecule has 0 bridgehead atoms. The van der Waals surface area contributed by atoms with Crippen molar-refractivity contribution < 1.29 is 13.5 Å². The second kappa shape index (κ2) is 7.08. The van der Waals surface area contributed by atoms with Crippen molar-refractivity contribution in [2.24, 2.45) is 5.92 Å². The van der Waals surface area contributed by atoms with E-state index in [1.807, 2.05) is 6.92 Å². The number of hydrogen-bond acceptors (Lipinski definition) is 3. The molecule has 0 heterocycles. The highest BCUT2D eigenvalue weighted by atomic mass is 32.2. The molecule has 1 unspecified atom stereocenters. The third-order valence-electron chi connectivity index (χ3n) is 3.93. The van der Waals surface area contributed by atoms with Crippen LogP contribution in [0.1, 0.15) is 38.2 Å². The van der Waals surface area contributed by atoms with Gasteiger partial charge in [-0.05, 0) is 37.8 Å². The molecule has 1 aliphatic carbocycles. The lowest BCUT2D eigenvalue weighted by atomic mass is 10.0. The Kier molecular flexibility index (Phi) is 5.40. The first-order valence-corrected chi connectivity index (χ1v) is 8.74. The largest absolute Gasteiger partial charge is 0.384 e. The van der Waals surface area contributed by atoms with Crippen molar-refractivity contribution in [1.82, 2.24) is 4.72 Å². The Balaban J connectivity index is 2.23. The SMILES string of the molecule is CC(NS(=O)(=O)c1ccccc1C#CCO)C1CCCC1. The first kappa shape index (κ1) is 16.0. The van der Waals surface area contributed by atoms with Crippen molar-refractivity contribution in [2.75, 3.05) is 6.61 Å². The zero-order valence-corrected chi connectivity index (χ0v) is 13.0. The number of sulfonamides is 1. The molecular weight excluding hydrogens is 286 g/mol. The van der Waals surface area contributed by atoms with Crippen molar-refractivity contribution in [2.45, 2.75) is 43.5 Å². The van der Waals surface area contributed by atoms with E-state index in [2.05, 4.69) is 16.6 Å². The molecule has 114 valence electrons. The van der Waals surface area contributed by atoms with Crippen molar-refractivity contribution in [3.05, 3.63) is 29.8 Å². The number of nitrogens with one attached hydrogen (secondary N) is 1. The van der Waals surface area contributed by atoms with Crippen LogP contribution in [0, 0.1) is 17.8 Å². The maximum Gasteiger partial charge on any atom is 0.242 e. The van der Waals surface area contributed by atoms with Crippen LogP contribution in [-0.4, -0.2) is 26.2 Å². The van der Waals surface area contributed by atoms with E-state index in [9.17, 15) is 8.42 Å². The lowest BCUT2D eigenvalue weighted by molar-refractivity contribution is 0.350. The number of benzene rings is 1. The van der Waals surface area contributed by atoms with Crippen molar-refractivity contribution in [1.29, 1.82) is 0 Å². The Bertz CT molecular complexity index is 637. The molecule has 0 amide bonds. The Morgan fingerprint density at radius 3 is 2.67 bits per heavy atom. The fourth-order valence-electron chi connectivity index (χ4n) is 2.80. The minimum atomic E-state index is -3.59. The zero-order valence-electron chi connectivity index (χ0n) is 12.2. The molecule has 1 atom stereocenters.